The molecule has 3 aromatic rings. The molecule has 3 nitrogen and oxygen atoms in total. The van der Waals surface area contributed by atoms with Crippen LogP contribution in [-0.4, -0.2) is 5.71 Å². The van der Waals surface area contributed by atoms with Crippen LogP contribution in [0.1, 0.15) is 143 Å². The SMILES string of the molecule is CC(C)c1cccc(C(C)C)c1N=C(/C=C(\[N-]c1c(C(C)C)cccc1C(C)C)C(C)(C)C)C(C)(C)C.[Fe].[K+].[O-]c1ccccc1. The first-order valence-electron chi connectivity index (χ1n) is 16.3. The number of nitrogens with zero attached hydrogens (tertiary/aromatic N) is 2. The van der Waals surface area contributed by atoms with Gasteiger partial charge >= 0.3 is 51.4 Å². The van der Waals surface area contributed by atoms with Gasteiger partial charge in [0, 0.05) is 28.2 Å². The van der Waals surface area contributed by atoms with Crippen LogP contribution < -0.4 is 56.5 Å². The van der Waals surface area contributed by atoms with Crippen LogP contribution in [0.25, 0.3) is 5.32 Å². The van der Waals surface area contributed by atoms with Gasteiger partial charge in [-0.1, -0.05) is 181 Å². The van der Waals surface area contributed by atoms with Crippen LogP contribution in [0.15, 0.2) is 83.5 Å². The van der Waals surface area contributed by atoms with Gasteiger partial charge in [0.1, 0.15) is 0 Å². The Hall–Kier alpha value is -1.17. The van der Waals surface area contributed by atoms with Crippen molar-refractivity contribution in [1.82, 2.24) is 0 Å². The third-order valence-corrected chi connectivity index (χ3v) is 7.70. The van der Waals surface area contributed by atoms with Crippen molar-refractivity contribution in [3.8, 4) is 5.75 Å². The van der Waals surface area contributed by atoms with Crippen LogP contribution in [0, 0.1) is 10.8 Å². The minimum atomic E-state index is -0.136. The molecule has 0 fully saturated rings. The van der Waals surface area contributed by atoms with E-state index < -0.39 is 0 Å². The molecule has 0 aliphatic heterocycles. The summed E-state index contributed by atoms with van der Waals surface area (Å²) >= 11 is 0. The third kappa shape index (κ3) is 13.4. The number of hydrogen-bond donors (Lipinski definition) is 0. The van der Waals surface area contributed by atoms with Gasteiger partial charge in [-0.05, 0) is 40.2 Å². The van der Waals surface area contributed by atoms with Gasteiger partial charge < -0.3 is 10.4 Å². The predicted molar refractivity (Wildman–Crippen MR) is 192 cm³/mol. The maximum atomic E-state index is 10.3. The molecule has 0 bridgehead atoms. The van der Waals surface area contributed by atoms with Crippen LogP contribution in [0.2, 0.25) is 0 Å². The van der Waals surface area contributed by atoms with E-state index >= 15 is 0 Å². The molecule has 3 rings (SSSR count). The largest absolute Gasteiger partial charge is 1.00 e. The number of benzene rings is 3. The van der Waals surface area contributed by atoms with Crippen molar-refractivity contribution in [1.29, 1.82) is 0 Å². The van der Waals surface area contributed by atoms with Gasteiger partial charge in [-0.15, -0.1) is 11.4 Å². The van der Waals surface area contributed by atoms with Crippen molar-refractivity contribution >= 4 is 17.1 Å². The average Bonchev–Trinajstić information content (AvgIpc) is 2.91. The summed E-state index contributed by atoms with van der Waals surface area (Å²) in [5.41, 5.74) is 9.37. The van der Waals surface area contributed by atoms with Crippen LogP contribution in [0.4, 0.5) is 11.4 Å². The molecule has 0 saturated heterocycles. The fourth-order valence-corrected chi connectivity index (χ4v) is 4.91. The molecule has 5 heteroatoms. The number of allylic oxidation sites excluding steroid dienone is 2. The van der Waals surface area contributed by atoms with Crippen molar-refractivity contribution < 1.29 is 73.6 Å². The fourth-order valence-electron chi connectivity index (χ4n) is 4.91. The smallest absolute Gasteiger partial charge is 0.872 e. The zero-order chi connectivity index (χ0) is 33.4. The zero-order valence-corrected chi connectivity index (χ0v) is 35.6. The van der Waals surface area contributed by atoms with E-state index in [2.05, 4.69) is 139 Å². The molecule has 0 aliphatic carbocycles. The second kappa shape index (κ2) is 19.7. The molecule has 248 valence electrons. The van der Waals surface area contributed by atoms with E-state index in [1.165, 1.54) is 34.4 Å². The molecule has 0 atom stereocenters. The zero-order valence-electron chi connectivity index (χ0n) is 31.4. The van der Waals surface area contributed by atoms with Gasteiger partial charge in [-0.3, -0.25) is 4.99 Å². The fraction of sp³-hybridized carbons (Fsp3) is 0.488. The van der Waals surface area contributed by atoms with Gasteiger partial charge in [0.25, 0.3) is 0 Å². The Morgan fingerprint density at radius 2 is 1.00 bits per heavy atom. The van der Waals surface area contributed by atoms with E-state index in [1.54, 1.807) is 12.1 Å². The van der Waals surface area contributed by atoms with Gasteiger partial charge in [-0.2, -0.15) is 5.70 Å². The molecular weight excluding hydrogens is 631 g/mol. The Bertz CT molecular complexity index is 1360. The Morgan fingerprint density at radius 1 is 0.609 bits per heavy atom. The first-order chi connectivity index (χ1) is 20.3. The molecule has 0 N–H and O–H groups in total. The third-order valence-electron chi connectivity index (χ3n) is 7.70. The summed E-state index contributed by atoms with van der Waals surface area (Å²) in [5, 5.41) is 15.7. The number of aliphatic imine (C=N–C) groups is 1. The van der Waals surface area contributed by atoms with Crippen LogP contribution >= 0.6 is 0 Å². The van der Waals surface area contributed by atoms with Crippen molar-refractivity contribution in [3.05, 3.63) is 106 Å². The molecule has 46 heavy (non-hydrogen) atoms. The Labute approximate surface area is 335 Å². The van der Waals surface area contributed by atoms with Crippen molar-refractivity contribution in [2.45, 2.75) is 121 Å². The summed E-state index contributed by atoms with van der Waals surface area (Å²) < 4.78 is 0. The number of rotatable bonds is 8. The predicted octanol–water partition coefficient (Wildman–Crippen LogP) is 9.70. The molecule has 3 aromatic carbocycles. The van der Waals surface area contributed by atoms with Crippen LogP contribution in [-0.2, 0) is 17.1 Å². The van der Waals surface area contributed by atoms with E-state index in [0.29, 0.717) is 23.7 Å². The van der Waals surface area contributed by atoms with Gasteiger partial charge in [-0.25, -0.2) is 0 Å². The second-order valence-electron chi connectivity index (χ2n) is 15.1. The van der Waals surface area contributed by atoms with Crippen molar-refractivity contribution in [2.24, 2.45) is 15.8 Å². The van der Waals surface area contributed by atoms with Crippen LogP contribution in [0.5, 0.6) is 5.75 Å². The summed E-state index contributed by atoms with van der Waals surface area (Å²) in [7, 11) is 0. The number of para-hydroxylation sites is 3. The molecule has 0 unspecified atom stereocenters. The summed E-state index contributed by atoms with van der Waals surface area (Å²) in [6, 6.07) is 21.6. The van der Waals surface area contributed by atoms with Gasteiger partial charge in [0.2, 0.25) is 0 Å². The maximum Gasteiger partial charge on any atom is 1.00 e. The quantitative estimate of drug-likeness (QED) is 0.172. The van der Waals surface area contributed by atoms with Crippen molar-refractivity contribution in [3.63, 3.8) is 0 Å². The normalized spacial score (nSPS) is 12.5. The molecule has 0 amide bonds. The summed E-state index contributed by atoms with van der Waals surface area (Å²) in [4.78, 5) is 5.46. The Morgan fingerprint density at radius 3 is 1.30 bits per heavy atom. The monoisotopic (exact) mass is 689 g/mol. The maximum absolute atomic E-state index is 10.3. The Balaban J connectivity index is 0.00000198. The van der Waals surface area contributed by atoms with Gasteiger partial charge in [0.05, 0.1) is 5.69 Å². The molecule has 0 saturated carbocycles. The van der Waals surface area contributed by atoms with E-state index in [1.807, 2.05) is 6.07 Å². The second-order valence-corrected chi connectivity index (χ2v) is 15.1. The molecule has 0 aromatic heterocycles. The van der Waals surface area contributed by atoms with E-state index in [4.69, 9.17) is 10.3 Å². The molecular formula is C41H58FeKN2O-. The summed E-state index contributed by atoms with van der Waals surface area (Å²) in [6.07, 6.45) is 2.28. The summed E-state index contributed by atoms with van der Waals surface area (Å²) in [5.74, 6) is 1.69. The van der Waals surface area contributed by atoms with E-state index in [-0.39, 0.29) is 85.0 Å². The van der Waals surface area contributed by atoms with E-state index in [9.17, 15) is 5.11 Å². The van der Waals surface area contributed by atoms with Crippen LogP contribution in [0.3, 0.4) is 0 Å². The molecule has 0 radical (unpaired) electrons. The minimum absolute atomic E-state index is 0. The summed E-state index contributed by atoms with van der Waals surface area (Å²) in [6.45, 7) is 31.7. The Kier molecular flexibility index (Phi) is 19.2. The average molecular weight is 690 g/mol. The van der Waals surface area contributed by atoms with Gasteiger partial charge in [0.15, 0.2) is 0 Å². The minimum Gasteiger partial charge on any atom is -0.872 e. The molecule has 0 spiro atoms. The standard InChI is InChI=1S/C35H53N2.C6H6O.Fe.K/c1-22(2)26-17-15-18-27(23(3)4)32(26)36-30(34(9,10)11)21-31(35(12,13)14)37-33-28(24(5)6)19-16-20-29(33)25(7)8;7-6-4-2-1-3-5-6;;/h15-25H,1-14H3;1-5,7H;;/q-1;;;+1/p-1/b30-21-,37-31?;;;. The topological polar surface area (TPSA) is 49.5 Å². The van der Waals surface area contributed by atoms with Crippen molar-refractivity contribution in [2.75, 3.05) is 0 Å². The first-order valence-corrected chi connectivity index (χ1v) is 16.3. The first kappa shape index (κ1) is 44.8. The molecule has 0 heterocycles. The molecule has 0 aliphatic rings. The number of hydrogen-bond acceptors (Lipinski definition) is 2. The van der Waals surface area contributed by atoms with E-state index in [0.717, 1.165) is 22.8 Å².